The average Bonchev–Trinajstić information content (AvgIpc) is 2.55. The number of fused-ring (bicyclic) bond motifs is 1. The molecular weight excluding hydrogens is 296 g/mol. The summed E-state index contributed by atoms with van der Waals surface area (Å²) in [6.07, 6.45) is 0.923. The van der Waals surface area contributed by atoms with Gasteiger partial charge in [-0.05, 0) is 18.6 Å². The molecule has 0 unspecified atom stereocenters. The molecule has 7 heteroatoms. The zero-order valence-corrected chi connectivity index (χ0v) is 12.8. The van der Waals surface area contributed by atoms with Gasteiger partial charge in [-0.25, -0.2) is 4.98 Å². The van der Waals surface area contributed by atoms with Gasteiger partial charge in [0.15, 0.2) is 0 Å². The fraction of sp³-hybridized carbons (Fsp3) is 0.375. The molecule has 3 rings (SSSR count). The summed E-state index contributed by atoms with van der Waals surface area (Å²) in [6, 6.07) is 7.08. The van der Waals surface area contributed by atoms with Crippen LogP contribution in [0.2, 0.25) is 0 Å². The third-order valence-electron chi connectivity index (χ3n) is 4.04. The molecule has 120 valence electrons. The first kappa shape index (κ1) is 15.2. The molecule has 0 aliphatic carbocycles. The van der Waals surface area contributed by atoms with E-state index in [0.717, 1.165) is 0 Å². The van der Waals surface area contributed by atoms with Crippen molar-refractivity contribution in [3.63, 3.8) is 0 Å². The van der Waals surface area contributed by atoms with Crippen molar-refractivity contribution in [3.05, 3.63) is 40.4 Å². The van der Waals surface area contributed by atoms with Crippen LogP contribution >= 0.6 is 0 Å². The number of carbonyl (C=O) groups is 2. The predicted octanol–water partition coefficient (Wildman–Crippen LogP) is 0.408. The van der Waals surface area contributed by atoms with Crippen molar-refractivity contribution in [1.82, 2.24) is 20.2 Å². The number of hydrogen-bond acceptors (Lipinski definition) is 4. The van der Waals surface area contributed by atoms with Crippen LogP contribution in [0.3, 0.4) is 0 Å². The van der Waals surface area contributed by atoms with Gasteiger partial charge >= 0.3 is 0 Å². The van der Waals surface area contributed by atoms with E-state index in [4.69, 9.17) is 0 Å². The van der Waals surface area contributed by atoms with Crippen molar-refractivity contribution in [1.29, 1.82) is 0 Å². The van der Waals surface area contributed by atoms with E-state index in [1.54, 1.807) is 25.2 Å². The molecule has 1 atom stereocenters. The Balaban J connectivity index is 1.74. The van der Waals surface area contributed by atoms with Crippen molar-refractivity contribution >= 4 is 22.7 Å². The number of aromatic amines is 1. The second-order valence-electron chi connectivity index (χ2n) is 5.76. The molecule has 1 aromatic carbocycles. The average molecular weight is 314 g/mol. The van der Waals surface area contributed by atoms with Gasteiger partial charge in [0.2, 0.25) is 11.8 Å². The van der Waals surface area contributed by atoms with Gasteiger partial charge in [0.1, 0.15) is 5.82 Å². The number of benzene rings is 1. The highest BCUT2D eigenvalue weighted by atomic mass is 16.2. The van der Waals surface area contributed by atoms with Crippen LogP contribution in [0.15, 0.2) is 29.1 Å². The molecule has 1 aliphatic heterocycles. The summed E-state index contributed by atoms with van der Waals surface area (Å²) >= 11 is 0. The molecule has 2 heterocycles. The summed E-state index contributed by atoms with van der Waals surface area (Å²) in [5.74, 6) is 0.160. The fourth-order valence-electron chi connectivity index (χ4n) is 2.77. The minimum Gasteiger partial charge on any atom is -0.355 e. The Labute approximate surface area is 132 Å². The third kappa shape index (κ3) is 3.23. The summed E-state index contributed by atoms with van der Waals surface area (Å²) in [5, 5.41) is 3.23. The topological polar surface area (TPSA) is 95.2 Å². The number of rotatable bonds is 3. The Kier molecular flexibility index (Phi) is 4.10. The first-order valence-electron chi connectivity index (χ1n) is 7.54. The molecule has 1 saturated heterocycles. The number of hydrogen-bond donors (Lipinski definition) is 2. The van der Waals surface area contributed by atoms with Crippen molar-refractivity contribution in [2.24, 2.45) is 5.92 Å². The van der Waals surface area contributed by atoms with Crippen LogP contribution < -0.4 is 10.9 Å². The monoisotopic (exact) mass is 314 g/mol. The number of piperidine rings is 1. The second kappa shape index (κ2) is 6.20. The van der Waals surface area contributed by atoms with Crippen LogP contribution in [-0.2, 0) is 16.1 Å². The second-order valence-corrected chi connectivity index (χ2v) is 5.76. The molecule has 0 radical (unpaired) electrons. The van der Waals surface area contributed by atoms with E-state index >= 15 is 0 Å². The largest absolute Gasteiger partial charge is 0.355 e. The first-order chi connectivity index (χ1) is 11.0. The maximum Gasteiger partial charge on any atom is 0.258 e. The molecule has 2 amide bonds. The summed E-state index contributed by atoms with van der Waals surface area (Å²) in [6.45, 7) is 0.590. The maximum atomic E-state index is 12.4. The SMILES string of the molecule is CN(Cc1nc2ccccc2c(=O)[nH]1)C(=O)[C@@H]1CCC(=O)NC1. The predicted molar refractivity (Wildman–Crippen MR) is 84.6 cm³/mol. The maximum absolute atomic E-state index is 12.4. The molecule has 0 spiro atoms. The smallest absolute Gasteiger partial charge is 0.258 e. The van der Waals surface area contributed by atoms with Gasteiger partial charge in [0, 0.05) is 20.0 Å². The van der Waals surface area contributed by atoms with Crippen LogP contribution in [0.4, 0.5) is 0 Å². The number of nitrogens with zero attached hydrogens (tertiary/aromatic N) is 2. The van der Waals surface area contributed by atoms with Crippen LogP contribution in [0.1, 0.15) is 18.7 Å². The van der Waals surface area contributed by atoms with E-state index in [1.165, 1.54) is 4.90 Å². The van der Waals surface area contributed by atoms with Crippen LogP contribution in [0, 0.1) is 5.92 Å². The Bertz CT molecular complexity index is 804. The molecule has 1 aromatic heterocycles. The van der Waals surface area contributed by atoms with Crippen LogP contribution in [0.5, 0.6) is 0 Å². The zero-order valence-electron chi connectivity index (χ0n) is 12.8. The van der Waals surface area contributed by atoms with Crippen molar-refractivity contribution < 1.29 is 9.59 Å². The summed E-state index contributed by atoms with van der Waals surface area (Å²) in [4.78, 5) is 44.3. The standard InChI is InChI=1S/C16H18N4O3/c1-20(16(23)10-6-7-14(21)17-8-10)9-13-18-12-5-3-2-4-11(12)15(22)19-13/h2-5,10H,6-9H2,1H3,(H,17,21)(H,18,19,22)/t10-/m1/s1. The number of amides is 2. The first-order valence-corrected chi connectivity index (χ1v) is 7.54. The van der Waals surface area contributed by atoms with E-state index in [1.807, 2.05) is 6.07 Å². The lowest BCUT2D eigenvalue weighted by molar-refractivity contribution is -0.136. The van der Waals surface area contributed by atoms with Gasteiger partial charge in [0.05, 0.1) is 23.4 Å². The number of aromatic nitrogens is 2. The van der Waals surface area contributed by atoms with Gasteiger partial charge in [-0.1, -0.05) is 12.1 Å². The normalized spacial score (nSPS) is 17.8. The molecule has 0 saturated carbocycles. The number of carbonyl (C=O) groups excluding carboxylic acids is 2. The molecular formula is C16H18N4O3. The highest BCUT2D eigenvalue weighted by molar-refractivity contribution is 5.83. The Morgan fingerprint density at radius 1 is 1.35 bits per heavy atom. The minimum atomic E-state index is -0.218. The molecule has 0 bridgehead atoms. The van der Waals surface area contributed by atoms with E-state index in [-0.39, 0.29) is 29.8 Å². The van der Waals surface area contributed by atoms with Gasteiger partial charge in [-0.3, -0.25) is 14.4 Å². The van der Waals surface area contributed by atoms with Gasteiger partial charge in [-0.15, -0.1) is 0 Å². The van der Waals surface area contributed by atoms with Crippen molar-refractivity contribution in [2.75, 3.05) is 13.6 Å². The van der Waals surface area contributed by atoms with Crippen LogP contribution in [-0.4, -0.2) is 40.3 Å². The summed E-state index contributed by atoms with van der Waals surface area (Å²) in [5.41, 5.74) is 0.397. The molecule has 1 fully saturated rings. The lowest BCUT2D eigenvalue weighted by atomic mass is 9.98. The Morgan fingerprint density at radius 2 is 2.13 bits per heavy atom. The van der Waals surface area contributed by atoms with Gasteiger partial charge in [0.25, 0.3) is 5.56 Å². The summed E-state index contributed by atoms with van der Waals surface area (Å²) in [7, 11) is 1.67. The minimum absolute atomic E-state index is 0.0165. The molecule has 1 aliphatic rings. The Morgan fingerprint density at radius 3 is 2.87 bits per heavy atom. The van der Waals surface area contributed by atoms with Crippen molar-refractivity contribution in [3.8, 4) is 0 Å². The molecule has 7 nitrogen and oxygen atoms in total. The van der Waals surface area contributed by atoms with E-state index in [2.05, 4.69) is 15.3 Å². The number of nitrogens with one attached hydrogen (secondary N) is 2. The van der Waals surface area contributed by atoms with E-state index in [9.17, 15) is 14.4 Å². The quantitative estimate of drug-likeness (QED) is 0.857. The number of para-hydroxylation sites is 1. The summed E-state index contributed by atoms with van der Waals surface area (Å²) < 4.78 is 0. The highest BCUT2D eigenvalue weighted by Gasteiger charge is 2.27. The molecule has 23 heavy (non-hydrogen) atoms. The van der Waals surface area contributed by atoms with Gasteiger partial charge in [-0.2, -0.15) is 0 Å². The van der Waals surface area contributed by atoms with E-state index in [0.29, 0.717) is 36.1 Å². The molecule has 2 N–H and O–H groups in total. The van der Waals surface area contributed by atoms with Crippen LogP contribution in [0.25, 0.3) is 10.9 Å². The van der Waals surface area contributed by atoms with Gasteiger partial charge < -0.3 is 15.2 Å². The van der Waals surface area contributed by atoms with E-state index < -0.39 is 0 Å². The number of H-pyrrole nitrogens is 1. The third-order valence-corrected chi connectivity index (χ3v) is 4.04. The lowest BCUT2D eigenvalue weighted by Gasteiger charge is -2.26. The highest BCUT2D eigenvalue weighted by Crippen LogP contribution is 2.14. The lowest BCUT2D eigenvalue weighted by Crippen LogP contribution is -2.43. The fourth-order valence-corrected chi connectivity index (χ4v) is 2.77. The van der Waals surface area contributed by atoms with Crippen molar-refractivity contribution in [2.45, 2.75) is 19.4 Å². The Hall–Kier alpha value is -2.70. The zero-order chi connectivity index (χ0) is 16.4. The molecule has 2 aromatic rings.